The zero-order valence-electron chi connectivity index (χ0n) is 20.6. The molecule has 1 saturated heterocycles. The van der Waals surface area contributed by atoms with E-state index in [0.717, 1.165) is 37.4 Å². The lowest BCUT2D eigenvalue weighted by molar-refractivity contribution is 0.124. The van der Waals surface area contributed by atoms with E-state index >= 15 is 0 Å². The molecule has 0 amide bonds. The standard InChI is InChI=1S/C27H38N6/c1-20(2)32(24-10-5-8-21-9-7-15-28-27(21)24)18-22-19-33-25(29-22)11-6-12-26(33)31-16-13-23(14-17-31)30(3)4/h6-7,9,11-12,15,19-20,23-24H,5,8,10,13-14,16-18H2,1-4H3. The Morgan fingerprint density at radius 3 is 2.64 bits per heavy atom. The van der Waals surface area contributed by atoms with Crippen molar-refractivity contribution in [3.63, 3.8) is 0 Å². The highest BCUT2D eigenvalue weighted by Gasteiger charge is 2.29. The average molecular weight is 447 g/mol. The van der Waals surface area contributed by atoms with Crippen LogP contribution in [0.3, 0.4) is 0 Å². The van der Waals surface area contributed by atoms with Crippen molar-refractivity contribution in [1.29, 1.82) is 0 Å². The van der Waals surface area contributed by atoms with Crippen LogP contribution in [0.5, 0.6) is 0 Å². The average Bonchev–Trinajstić information content (AvgIpc) is 3.25. The molecule has 0 radical (unpaired) electrons. The van der Waals surface area contributed by atoms with Crippen LogP contribution in [0.4, 0.5) is 5.82 Å². The van der Waals surface area contributed by atoms with Crippen LogP contribution in [-0.2, 0) is 13.0 Å². The van der Waals surface area contributed by atoms with E-state index < -0.39 is 0 Å². The minimum atomic E-state index is 0.365. The molecule has 1 aliphatic carbocycles. The van der Waals surface area contributed by atoms with Crippen LogP contribution in [0.25, 0.3) is 5.65 Å². The maximum Gasteiger partial charge on any atom is 0.138 e. The number of nitrogens with zero attached hydrogens (tertiary/aromatic N) is 6. The fraction of sp³-hybridized carbons (Fsp3) is 0.556. The first-order chi connectivity index (χ1) is 16.0. The highest BCUT2D eigenvalue weighted by atomic mass is 15.3. The number of hydrogen-bond acceptors (Lipinski definition) is 5. The first-order valence-electron chi connectivity index (χ1n) is 12.6. The van der Waals surface area contributed by atoms with E-state index in [2.05, 4.69) is 83.6 Å². The Kier molecular flexibility index (Phi) is 6.39. The molecule has 5 rings (SSSR count). The van der Waals surface area contributed by atoms with Gasteiger partial charge >= 0.3 is 0 Å². The molecule has 0 N–H and O–H groups in total. The second-order valence-corrected chi connectivity index (χ2v) is 10.2. The molecule has 1 atom stereocenters. The van der Waals surface area contributed by atoms with E-state index in [-0.39, 0.29) is 0 Å². The van der Waals surface area contributed by atoms with Gasteiger partial charge in [-0.2, -0.15) is 0 Å². The summed E-state index contributed by atoms with van der Waals surface area (Å²) in [6.45, 7) is 7.64. The molecule has 176 valence electrons. The van der Waals surface area contributed by atoms with E-state index in [1.54, 1.807) is 0 Å². The number of aromatic nitrogens is 3. The molecule has 0 spiro atoms. The number of pyridine rings is 2. The van der Waals surface area contributed by atoms with Crippen molar-refractivity contribution >= 4 is 11.5 Å². The minimum Gasteiger partial charge on any atom is -0.358 e. The Labute approximate surface area is 198 Å². The molecular weight excluding hydrogens is 408 g/mol. The van der Waals surface area contributed by atoms with Crippen LogP contribution in [0.2, 0.25) is 0 Å². The Balaban J connectivity index is 1.40. The van der Waals surface area contributed by atoms with Crippen LogP contribution >= 0.6 is 0 Å². The van der Waals surface area contributed by atoms with Crippen LogP contribution in [0, 0.1) is 0 Å². The summed E-state index contributed by atoms with van der Waals surface area (Å²) >= 11 is 0. The SMILES string of the molecule is CC(C)N(Cc1cn2c(N3CCC(N(C)C)CC3)cccc2n1)C1CCCc2cccnc21. The molecule has 2 aliphatic rings. The van der Waals surface area contributed by atoms with Gasteiger partial charge in [0, 0.05) is 44.1 Å². The van der Waals surface area contributed by atoms with Crippen LogP contribution in [-0.4, -0.2) is 63.4 Å². The fourth-order valence-electron chi connectivity index (χ4n) is 5.74. The predicted octanol–water partition coefficient (Wildman–Crippen LogP) is 4.55. The van der Waals surface area contributed by atoms with E-state index in [0.29, 0.717) is 18.1 Å². The van der Waals surface area contributed by atoms with Crippen molar-refractivity contribution in [2.45, 2.75) is 70.6 Å². The number of aryl methyl sites for hydroxylation is 1. The summed E-state index contributed by atoms with van der Waals surface area (Å²) in [6.07, 6.45) is 10.2. The second kappa shape index (κ2) is 9.43. The zero-order chi connectivity index (χ0) is 22.9. The van der Waals surface area contributed by atoms with Crippen molar-refractivity contribution < 1.29 is 0 Å². The lowest BCUT2D eigenvalue weighted by Crippen LogP contribution is -2.42. The second-order valence-electron chi connectivity index (χ2n) is 10.2. The van der Waals surface area contributed by atoms with Crippen LogP contribution < -0.4 is 4.90 Å². The van der Waals surface area contributed by atoms with Crippen molar-refractivity contribution in [3.05, 3.63) is 59.7 Å². The van der Waals surface area contributed by atoms with Gasteiger partial charge in [-0.3, -0.25) is 14.3 Å². The highest BCUT2D eigenvalue weighted by Crippen LogP contribution is 2.35. The molecule has 1 aliphatic heterocycles. The first-order valence-corrected chi connectivity index (χ1v) is 12.6. The van der Waals surface area contributed by atoms with Gasteiger partial charge in [0.1, 0.15) is 11.5 Å². The first kappa shape index (κ1) is 22.4. The van der Waals surface area contributed by atoms with Crippen molar-refractivity contribution in [3.8, 4) is 0 Å². The van der Waals surface area contributed by atoms with Gasteiger partial charge < -0.3 is 9.80 Å². The summed E-state index contributed by atoms with van der Waals surface area (Å²) in [5.41, 5.74) is 4.87. The molecular formula is C27H38N6. The molecule has 0 saturated carbocycles. The monoisotopic (exact) mass is 446 g/mol. The van der Waals surface area contributed by atoms with Crippen molar-refractivity contribution in [2.24, 2.45) is 0 Å². The third-order valence-corrected chi connectivity index (χ3v) is 7.61. The van der Waals surface area contributed by atoms with Gasteiger partial charge in [0.2, 0.25) is 0 Å². The number of rotatable bonds is 6. The number of piperidine rings is 1. The van der Waals surface area contributed by atoms with E-state index in [9.17, 15) is 0 Å². The molecule has 4 heterocycles. The van der Waals surface area contributed by atoms with Gasteiger partial charge in [0.25, 0.3) is 0 Å². The van der Waals surface area contributed by atoms with Gasteiger partial charge in [-0.15, -0.1) is 0 Å². The third kappa shape index (κ3) is 4.51. The van der Waals surface area contributed by atoms with E-state index in [4.69, 9.17) is 9.97 Å². The van der Waals surface area contributed by atoms with Crippen LogP contribution in [0.15, 0.2) is 42.7 Å². The number of anilines is 1. The normalized spacial score (nSPS) is 19.7. The fourth-order valence-corrected chi connectivity index (χ4v) is 5.74. The van der Waals surface area contributed by atoms with Crippen molar-refractivity contribution in [1.82, 2.24) is 24.2 Å². The molecule has 0 bridgehead atoms. The minimum absolute atomic E-state index is 0.365. The Morgan fingerprint density at radius 2 is 1.88 bits per heavy atom. The molecule has 1 unspecified atom stereocenters. The molecule has 6 heteroatoms. The third-order valence-electron chi connectivity index (χ3n) is 7.61. The lowest BCUT2D eigenvalue weighted by Gasteiger charge is -2.37. The van der Waals surface area contributed by atoms with Gasteiger partial charge in [0.05, 0.1) is 17.4 Å². The smallest absolute Gasteiger partial charge is 0.138 e. The summed E-state index contributed by atoms with van der Waals surface area (Å²) in [5.74, 6) is 1.27. The summed E-state index contributed by atoms with van der Waals surface area (Å²) in [7, 11) is 4.40. The number of hydrogen-bond donors (Lipinski definition) is 0. The highest BCUT2D eigenvalue weighted by molar-refractivity contribution is 5.53. The topological polar surface area (TPSA) is 39.9 Å². The Morgan fingerprint density at radius 1 is 1.06 bits per heavy atom. The van der Waals surface area contributed by atoms with Gasteiger partial charge in [0.15, 0.2) is 0 Å². The largest absolute Gasteiger partial charge is 0.358 e. The summed E-state index contributed by atoms with van der Waals surface area (Å²) < 4.78 is 2.30. The Bertz CT molecular complexity index is 1080. The predicted molar refractivity (Wildman–Crippen MR) is 135 cm³/mol. The number of fused-ring (bicyclic) bond motifs is 2. The quantitative estimate of drug-likeness (QED) is 0.556. The van der Waals surface area contributed by atoms with Gasteiger partial charge in [-0.25, -0.2) is 4.98 Å². The van der Waals surface area contributed by atoms with E-state index in [1.165, 1.54) is 42.8 Å². The summed E-state index contributed by atoms with van der Waals surface area (Å²) in [5, 5.41) is 0. The van der Waals surface area contributed by atoms with Crippen LogP contribution in [0.1, 0.15) is 62.5 Å². The molecule has 0 aromatic carbocycles. The molecule has 1 fully saturated rings. The summed E-state index contributed by atoms with van der Waals surface area (Å²) in [6, 6.07) is 12.3. The summed E-state index contributed by atoms with van der Waals surface area (Å²) in [4.78, 5) is 17.3. The Hall–Kier alpha value is -2.44. The maximum atomic E-state index is 5.05. The van der Waals surface area contributed by atoms with Gasteiger partial charge in [-0.1, -0.05) is 12.1 Å². The van der Waals surface area contributed by atoms with Gasteiger partial charge in [-0.05, 0) is 83.8 Å². The van der Waals surface area contributed by atoms with Crippen molar-refractivity contribution in [2.75, 3.05) is 32.1 Å². The zero-order valence-corrected chi connectivity index (χ0v) is 20.6. The molecule has 3 aromatic rings. The molecule has 33 heavy (non-hydrogen) atoms. The van der Waals surface area contributed by atoms with E-state index in [1.807, 2.05) is 6.20 Å². The molecule has 3 aromatic heterocycles. The maximum absolute atomic E-state index is 5.05. The number of imidazole rings is 1. The lowest BCUT2D eigenvalue weighted by atomic mass is 9.90. The molecule has 6 nitrogen and oxygen atoms in total.